The summed E-state index contributed by atoms with van der Waals surface area (Å²) in [5.41, 5.74) is 0.409. The van der Waals surface area contributed by atoms with E-state index in [1.807, 2.05) is 0 Å². The number of hydrogen-bond acceptors (Lipinski definition) is 3. The van der Waals surface area contributed by atoms with Gasteiger partial charge in [0.05, 0.1) is 17.1 Å². The number of rotatable bonds is 1. The first-order valence-corrected chi connectivity index (χ1v) is 3.31. The molecule has 0 N–H and O–H groups in total. The highest BCUT2D eigenvalue weighted by Gasteiger charge is 2.08. The molecular formula is C8H4FNO2. The van der Waals surface area contributed by atoms with Crippen molar-refractivity contribution in [1.29, 1.82) is 0 Å². The maximum atomic E-state index is 12.9. The highest BCUT2D eigenvalue weighted by molar-refractivity contribution is 5.95. The Hall–Kier alpha value is -1.71. The first-order valence-electron chi connectivity index (χ1n) is 3.31. The maximum absolute atomic E-state index is 12.9. The van der Waals surface area contributed by atoms with E-state index in [2.05, 4.69) is 5.16 Å². The number of benzene rings is 1. The lowest BCUT2D eigenvalue weighted by molar-refractivity contribution is 0.112. The molecule has 0 aliphatic carbocycles. The van der Waals surface area contributed by atoms with Gasteiger partial charge in [-0.05, 0) is 12.1 Å². The Morgan fingerprint density at radius 3 is 3.08 bits per heavy atom. The number of hydrogen-bond donors (Lipinski definition) is 0. The zero-order chi connectivity index (χ0) is 8.55. The third kappa shape index (κ3) is 0.812. The fourth-order valence-corrected chi connectivity index (χ4v) is 1.06. The van der Waals surface area contributed by atoms with Gasteiger partial charge in [0.1, 0.15) is 5.82 Å². The van der Waals surface area contributed by atoms with Crippen LogP contribution in [-0.2, 0) is 0 Å². The molecule has 0 atom stereocenters. The second-order valence-corrected chi connectivity index (χ2v) is 2.32. The van der Waals surface area contributed by atoms with Gasteiger partial charge >= 0.3 is 0 Å². The molecule has 0 spiro atoms. The van der Waals surface area contributed by atoms with E-state index in [-0.39, 0.29) is 5.56 Å². The van der Waals surface area contributed by atoms with Crippen molar-refractivity contribution in [3.8, 4) is 0 Å². The van der Waals surface area contributed by atoms with Crippen LogP contribution < -0.4 is 0 Å². The van der Waals surface area contributed by atoms with Gasteiger partial charge in [0, 0.05) is 0 Å². The smallest absolute Gasteiger partial charge is 0.167 e. The summed E-state index contributed by atoms with van der Waals surface area (Å²) in [7, 11) is 0. The van der Waals surface area contributed by atoms with Gasteiger partial charge in [-0.1, -0.05) is 5.16 Å². The van der Waals surface area contributed by atoms with Gasteiger partial charge < -0.3 is 4.52 Å². The predicted octanol–water partition coefficient (Wildman–Crippen LogP) is 1.78. The van der Waals surface area contributed by atoms with Crippen molar-refractivity contribution in [2.45, 2.75) is 0 Å². The van der Waals surface area contributed by atoms with Crippen molar-refractivity contribution in [2.24, 2.45) is 0 Å². The molecule has 0 saturated carbocycles. The molecule has 2 aromatic rings. The van der Waals surface area contributed by atoms with Crippen LogP contribution in [0, 0.1) is 5.82 Å². The van der Waals surface area contributed by atoms with Crippen molar-refractivity contribution < 1.29 is 13.7 Å². The summed E-state index contributed by atoms with van der Waals surface area (Å²) >= 11 is 0. The Morgan fingerprint density at radius 1 is 1.50 bits per heavy atom. The normalized spacial score (nSPS) is 10.4. The zero-order valence-electron chi connectivity index (χ0n) is 5.95. The first-order chi connectivity index (χ1) is 5.83. The van der Waals surface area contributed by atoms with Crippen molar-refractivity contribution in [3.05, 3.63) is 29.7 Å². The summed E-state index contributed by atoms with van der Waals surface area (Å²) in [6.07, 6.45) is 1.77. The Balaban J connectivity index is 2.91. The molecule has 3 nitrogen and oxygen atoms in total. The maximum Gasteiger partial charge on any atom is 0.167 e. The van der Waals surface area contributed by atoms with Crippen LogP contribution in [0.25, 0.3) is 11.0 Å². The molecule has 1 aromatic carbocycles. The molecule has 0 fully saturated rings. The minimum Gasteiger partial charge on any atom is -0.356 e. The first kappa shape index (κ1) is 6.97. The van der Waals surface area contributed by atoms with Crippen LogP contribution >= 0.6 is 0 Å². The summed E-state index contributed by atoms with van der Waals surface area (Å²) in [4.78, 5) is 10.4. The van der Waals surface area contributed by atoms with E-state index in [0.29, 0.717) is 17.3 Å². The molecule has 0 unspecified atom stereocenters. The third-order valence-corrected chi connectivity index (χ3v) is 1.64. The van der Waals surface area contributed by atoms with Crippen molar-refractivity contribution in [1.82, 2.24) is 5.16 Å². The Labute approximate surface area is 66.8 Å². The standard InChI is InChI=1S/C8H4FNO2/c9-7-1-2-8-5(3-10-12-8)6(7)4-11/h1-4H. The number of fused-ring (bicyclic) bond motifs is 1. The second-order valence-electron chi connectivity index (χ2n) is 2.32. The fourth-order valence-electron chi connectivity index (χ4n) is 1.06. The van der Waals surface area contributed by atoms with Gasteiger partial charge in [-0.2, -0.15) is 0 Å². The third-order valence-electron chi connectivity index (χ3n) is 1.64. The average Bonchev–Trinajstić information content (AvgIpc) is 2.52. The van der Waals surface area contributed by atoms with Crippen LogP contribution in [0.3, 0.4) is 0 Å². The minimum absolute atomic E-state index is 0.00579. The zero-order valence-corrected chi connectivity index (χ0v) is 5.95. The number of aromatic nitrogens is 1. The molecule has 0 aliphatic heterocycles. The van der Waals surface area contributed by atoms with E-state index in [0.717, 1.165) is 0 Å². The summed E-state index contributed by atoms with van der Waals surface area (Å²) in [5, 5.41) is 3.86. The van der Waals surface area contributed by atoms with E-state index >= 15 is 0 Å². The van der Waals surface area contributed by atoms with Crippen LogP contribution in [0.1, 0.15) is 10.4 Å². The van der Waals surface area contributed by atoms with E-state index in [1.54, 1.807) is 0 Å². The van der Waals surface area contributed by atoms with E-state index in [1.165, 1.54) is 18.3 Å². The quantitative estimate of drug-likeness (QED) is 0.605. The largest absolute Gasteiger partial charge is 0.356 e. The van der Waals surface area contributed by atoms with Gasteiger partial charge in [0.15, 0.2) is 11.9 Å². The van der Waals surface area contributed by atoms with Crippen LogP contribution in [0.4, 0.5) is 4.39 Å². The van der Waals surface area contributed by atoms with Crippen molar-refractivity contribution >= 4 is 17.3 Å². The fraction of sp³-hybridized carbons (Fsp3) is 0. The lowest BCUT2D eigenvalue weighted by Crippen LogP contribution is -1.86. The van der Waals surface area contributed by atoms with Crippen LogP contribution in [0.2, 0.25) is 0 Å². The number of aldehydes is 1. The SMILES string of the molecule is O=Cc1c(F)ccc2oncc12. The molecule has 60 valence electrons. The Bertz CT molecular complexity index is 436. The molecule has 0 saturated heterocycles. The van der Waals surface area contributed by atoms with E-state index in [9.17, 15) is 9.18 Å². The summed E-state index contributed by atoms with van der Waals surface area (Å²) in [6, 6.07) is 2.61. The second kappa shape index (κ2) is 2.41. The van der Waals surface area contributed by atoms with Gasteiger partial charge in [-0.25, -0.2) is 4.39 Å². The molecule has 12 heavy (non-hydrogen) atoms. The number of carbonyl (C=O) groups excluding carboxylic acids is 1. The van der Waals surface area contributed by atoms with Crippen LogP contribution in [-0.4, -0.2) is 11.4 Å². The molecule has 0 amide bonds. The highest BCUT2D eigenvalue weighted by Crippen LogP contribution is 2.19. The summed E-state index contributed by atoms with van der Waals surface area (Å²) < 4.78 is 17.6. The topological polar surface area (TPSA) is 43.1 Å². The lowest BCUT2D eigenvalue weighted by Gasteiger charge is -1.92. The summed E-state index contributed by atoms with van der Waals surface area (Å²) in [6.45, 7) is 0. The van der Waals surface area contributed by atoms with Gasteiger partial charge in [0.25, 0.3) is 0 Å². The molecular weight excluding hydrogens is 161 g/mol. The molecule has 1 heterocycles. The monoisotopic (exact) mass is 165 g/mol. The average molecular weight is 165 g/mol. The predicted molar refractivity (Wildman–Crippen MR) is 39.4 cm³/mol. The van der Waals surface area contributed by atoms with Crippen molar-refractivity contribution in [2.75, 3.05) is 0 Å². The summed E-state index contributed by atoms with van der Waals surface area (Å²) in [5.74, 6) is -0.555. The number of carbonyl (C=O) groups is 1. The molecule has 0 radical (unpaired) electrons. The minimum atomic E-state index is -0.555. The van der Waals surface area contributed by atoms with Crippen molar-refractivity contribution in [3.63, 3.8) is 0 Å². The Morgan fingerprint density at radius 2 is 2.33 bits per heavy atom. The number of nitrogens with zero attached hydrogens (tertiary/aromatic N) is 1. The lowest BCUT2D eigenvalue weighted by atomic mass is 10.1. The van der Waals surface area contributed by atoms with E-state index in [4.69, 9.17) is 4.52 Å². The molecule has 0 bridgehead atoms. The van der Waals surface area contributed by atoms with Gasteiger partial charge in [-0.3, -0.25) is 4.79 Å². The van der Waals surface area contributed by atoms with Gasteiger partial charge in [-0.15, -0.1) is 0 Å². The van der Waals surface area contributed by atoms with E-state index < -0.39 is 5.82 Å². The molecule has 1 aromatic heterocycles. The van der Waals surface area contributed by atoms with Gasteiger partial charge in [0.2, 0.25) is 0 Å². The molecule has 2 rings (SSSR count). The number of halogens is 1. The highest BCUT2D eigenvalue weighted by atomic mass is 19.1. The Kier molecular flexibility index (Phi) is 1.40. The van der Waals surface area contributed by atoms with Crippen LogP contribution in [0.15, 0.2) is 22.9 Å². The molecule has 4 heteroatoms. The van der Waals surface area contributed by atoms with Crippen LogP contribution in [0.5, 0.6) is 0 Å². The molecule has 0 aliphatic rings.